The van der Waals surface area contributed by atoms with Gasteiger partial charge in [0.15, 0.2) is 0 Å². The fraction of sp³-hybridized carbons (Fsp3) is 0.333. The summed E-state index contributed by atoms with van der Waals surface area (Å²) in [5, 5.41) is 3.02. The number of rotatable bonds is 2. The van der Waals surface area contributed by atoms with Crippen LogP contribution in [0, 0.1) is 12.7 Å². The third kappa shape index (κ3) is 2.02. The minimum Gasteiger partial charge on any atom is -0.316 e. The highest BCUT2D eigenvalue weighted by atomic mass is 19.1. The van der Waals surface area contributed by atoms with Crippen molar-refractivity contribution in [3.63, 3.8) is 0 Å². The van der Waals surface area contributed by atoms with Crippen LogP contribution in [0.25, 0.3) is 0 Å². The van der Waals surface area contributed by atoms with Crippen molar-refractivity contribution in [1.29, 1.82) is 0 Å². The Labute approximate surface area is 66.2 Å². The Morgan fingerprint density at radius 2 is 2.18 bits per heavy atom. The van der Waals surface area contributed by atoms with Crippen LogP contribution in [0.2, 0.25) is 0 Å². The van der Waals surface area contributed by atoms with Crippen LogP contribution < -0.4 is 5.32 Å². The van der Waals surface area contributed by atoms with Crippen molar-refractivity contribution < 1.29 is 4.39 Å². The Bertz CT molecular complexity index is 245. The molecule has 1 rings (SSSR count). The minimum absolute atomic E-state index is 0.164. The second-order valence-corrected chi connectivity index (χ2v) is 2.60. The van der Waals surface area contributed by atoms with Crippen molar-refractivity contribution in [2.75, 3.05) is 7.05 Å². The molecular weight excluding hydrogens is 141 g/mol. The summed E-state index contributed by atoms with van der Waals surface area (Å²) in [6, 6.07) is 4.84. The lowest BCUT2D eigenvalue weighted by Gasteiger charge is -2.03. The molecule has 2 heteroatoms. The molecule has 0 saturated carbocycles. The van der Waals surface area contributed by atoms with Crippen molar-refractivity contribution in [3.8, 4) is 0 Å². The van der Waals surface area contributed by atoms with E-state index in [1.165, 1.54) is 6.07 Å². The topological polar surface area (TPSA) is 12.0 Å². The Morgan fingerprint density at radius 3 is 2.73 bits per heavy atom. The number of aryl methyl sites for hydroxylation is 1. The standard InChI is InChI=1S/C9H12FN/c1-7-5-9(10)4-3-8(7)6-11-2/h3-5,11H,6H2,1-2H3. The van der Waals surface area contributed by atoms with E-state index in [0.717, 1.165) is 17.7 Å². The molecule has 1 N–H and O–H groups in total. The molecule has 0 atom stereocenters. The van der Waals surface area contributed by atoms with Gasteiger partial charge >= 0.3 is 0 Å². The van der Waals surface area contributed by atoms with Gasteiger partial charge < -0.3 is 5.32 Å². The minimum atomic E-state index is -0.164. The monoisotopic (exact) mass is 153 g/mol. The number of hydrogen-bond acceptors (Lipinski definition) is 1. The molecule has 60 valence electrons. The van der Waals surface area contributed by atoms with E-state index in [1.807, 2.05) is 14.0 Å². The van der Waals surface area contributed by atoms with Gasteiger partial charge in [0.25, 0.3) is 0 Å². The first-order valence-electron chi connectivity index (χ1n) is 3.63. The molecule has 0 amide bonds. The fourth-order valence-corrected chi connectivity index (χ4v) is 1.05. The van der Waals surface area contributed by atoms with Crippen LogP contribution in [0.3, 0.4) is 0 Å². The van der Waals surface area contributed by atoms with Crippen molar-refractivity contribution in [2.24, 2.45) is 0 Å². The van der Waals surface area contributed by atoms with E-state index < -0.39 is 0 Å². The van der Waals surface area contributed by atoms with Crippen LogP contribution in [0.5, 0.6) is 0 Å². The van der Waals surface area contributed by atoms with Gasteiger partial charge in [0, 0.05) is 6.54 Å². The van der Waals surface area contributed by atoms with Gasteiger partial charge in [0.05, 0.1) is 0 Å². The summed E-state index contributed by atoms with van der Waals surface area (Å²) in [5.74, 6) is -0.164. The largest absolute Gasteiger partial charge is 0.316 e. The summed E-state index contributed by atoms with van der Waals surface area (Å²) in [5.41, 5.74) is 2.15. The number of hydrogen-bond donors (Lipinski definition) is 1. The highest BCUT2D eigenvalue weighted by Crippen LogP contribution is 2.08. The third-order valence-corrected chi connectivity index (χ3v) is 1.67. The van der Waals surface area contributed by atoms with E-state index in [4.69, 9.17) is 0 Å². The van der Waals surface area contributed by atoms with E-state index in [2.05, 4.69) is 5.32 Å². The SMILES string of the molecule is CNCc1ccc(F)cc1C. The van der Waals surface area contributed by atoms with Gasteiger partial charge in [0.2, 0.25) is 0 Å². The number of nitrogens with one attached hydrogen (secondary N) is 1. The van der Waals surface area contributed by atoms with Gasteiger partial charge in [-0.2, -0.15) is 0 Å². The first-order valence-corrected chi connectivity index (χ1v) is 3.63. The maximum Gasteiger partial charge on any atom is 0.123 e. The molecule has 1 nitrogen and oxygen atoms in total. The second-order valence-electron chi connectivity index (χ2n) is 2.60. The maximum atomic E-state index is 12.6. The van der Waals surface area contributed by atoms with E-state index in [1.54, 1.807) is 12.1 Å². The molecule has 0 unspecified atom stereocenters. The molecular formula is C9H12FN. The summed E-state index contributed by atoms with van der Waals surface area (Å²) >= 11 is 0. The lowest BCUT2D eigenvalue weighted by atomic mass is 10.1. The average Bonchev–Trinajstić information content (AvgIpc) is 1.95. The first kappa shape index (κ1) is 8.21. The molecule has 0 fully saturated rings. The van der Waals surface area contributed by atoms with E-state index in [-0.39, 0.29) is 5.82 Å². The summed E-state index contributed by atoms with van der Waals surface area (Å²) in [6.45, 7) is 2.71. The van der Waals surface area contributed by atoms with Gasteiger partial charge in [-0.15, -0.1) is 0 Å². The first-order chi connectivity index (χ1) is 5.24. The smallest absolute Gasteiger partial charge is 0.123 e. The van der Waals surface area contributed by atoms with Crippen molar-refractivity contribution in [1.82, 2.24) is 5.32 Å². The summed E-state index contributed by atoms with van der Waals surface area (Å²) in [7, 11) is 1.88. The number of halogens is 1. The van der Waals surface area contributed by atoms with Gasteiger partial charge in [0.1, 0.15) is 5.82 Å². The predicted octanol–water partition coefficient (Wildman–Crippen LogP) is 1.85. The van der Waals surface area contributed by atoms with Gasteiger partial charge in [-0.1, -0.05) is 6.07 Å². The van der Waals surface area contributed by atoms with Gasteiger partial charge in [-0.05, 0) is 37.2 Å². The zero-order valence-electron chi connectivity index (χ0n) is 6.82. The molecule has 1 aromatic carbocycles. The normalized spacial score (nSPS) is 10.1. The lowest BCUT2D eigenvalue weighted by Crippen LogP contribution is -2.06. The van der Waals surface area contributed by atoms with Crippen molar-refractivity contribution >= 4 is 0 Å². The molecule has 11 heavy (non-hydrogen) atoms. The van der Waals surface area contributed by atoms with E-state index in [0.29, 0.717) is 0 Å². The molecule has 0 aliphatic heterocycles. The third-order valence-electron chi connectivity index (χ3n) is 1.67. The molecule has 0 radical (unpaired) electrons. The van der Waals surface area contributed by atoms with Crippen LogP contribution in [0.15, 0.2) is 18.2 Å². The maximum absolute atomic E-state index is 12.6. The summed E-state index contributed by atoms with van der Waals surface area (Å²) < 4.78 is 12.6. The molecule has 0 aromatic heterocycles. The van der Waals surface area contributed by atoms with Crippen molar-refractivity contribution in [3.05, 3.63) is 35.1 Å². The van der Waals surface area contributed by atoms with Crippen LogP contribution in [0.4, 0.5) is 4.39 Å². The van der Waals surface area contributed by atoms with E-state index in [9.17, 15) is 4.39 Å². The molecule has 1 aromatic rings. The zero-order chi connectivity index (χ0) is 8.27. The summed E-state index contributed by atoms with van der Waals surface area (Å²) in [4.78, 5) is 0. The molecule has 0 spiro atoms. The quantitative estimate of drug-likeness (QED) is 0.683. The Kier molecular flexibility index (Phi) is 2.60. The number of benzene rings is 1. The summed E-state index contributed by atoms with van der Waals surface area (Å²) in [6.07, 6.45) is 0. The van der Waals surface area contributed by atoms with Gasteiger partial charge in [-0.25, -0.2) is 4.39 Å². The van der Waals surface area contributed by atoms with Crippen molar-refractivity contribution in [2.45, 2.75) is 13.5 Å². The highest BCUT2D eigenvalue weighted by molar-refractivity contribution is 5.26. The average molecular weight is 153 g/mol. The Balaban J connectivity index is 2.90. The van der Waals surface area contributed by atoms with Crippen LogP contribution in [-0.4, -0.2) is 7.05 Å². The van der Waals surface area contributed by atoms with Crippen LogP contribution in [0.1, 0.15) is 11.1 Å². The lowest BCUT2D eigenvalue weighted by molar-refractivity contribution is 0.625. The van der Waals surface area contributed by atoms with Gasteiger partial charge in [-0.3, -0.25) is 0 Å². The molecule has 0 aliphatic rings. The molecule has 0 bridgehead atoms. The highest BCUT2D eigenvalue weighted by Gasteiger charge is 1.97. The fourth-order valence-electron chi connectivity index (χ4n) is 1.05. The predicted molar refractivity (Wildman–Crippen MR) is 43.9 cm³/mol. The Morgan fingerprint density at radius 1 is 1.45 bits per heavy atom. The van der Waals surface area contributed by atoms with Crippen LogP contribution >= 0.6 is 0 Å². The Hall–Kier alpha value is -0.890. The molecule has 0 saturated heterocycles. The molecule has 0 aliphatic carbocycles. The second kappa shape index (κ2) is 3.49. The van der Waals surface area contributed by atoms with E-state index >= 15 is 0 Å². The molecule has 0 heterocycles. The zero-order valence-corrected chi connectivity index (χ0v) is 6.82. The van der Waals surface area contributed by atoms with Crippen LogP contribution in [-0.2, 0) is 6.54 Å².